The lowest BCUT2D eigenvalue weighted by molar-refractivity contribution is -0.142. The van der Waals surface area contributed by atoms with Crippen molar-refractivity contribution in [1.29, 1.82) is 0 Å². The molecule has 2 aromatic rings. The smallest absolute Gasteiger partial charge is 0.435 e. The number of nitrogens with zero attached hydrogens (tertiary/aromatic N) is 5. The highest BCUT2D eigenvalue weighted by atomic mass is 32.2. The van der Waals surface area contributed by atoms with Crippen molar-refractivity contribution >= 4 is 39.1 Å². The molecule has 2 heterocycles. The van der Waals surface area contributed by atoms with Crippen LogP contribution in [-0.4, -0.2) is 81.7 Å². The molecule has 0 bridgehead atoms. The quantitative estimate of drug-likeness (QED) is 0.399. The van der Waals surface area contributed by atoms with Crippen molar-refractivity contribution in [2.45, 2.75) is 69.6 Å². The maximum atomic E-state index is 14.0. The number of alkyl halides is 5. The summed E-state index contributed by atoms with van der Waals surface area (Å²) in [5, 5.41) is 9.36. The minimum absolute atomic E-state index is 0.00119. The third kappa shape index (κ3) is 9.55. The lowest BCUT2D eigenvalue weighted by atomic mass is 10.1. The van der Waals surface area contributed by atoms with Crippen molar-refractivity contribution < 1.29 is 45.3 Å². The van der Waals surface area contributed by atoms with Crippen LogP contribution in [-0.2, 0) is 25.4 Å². The standard InChI is InChI=1S/C28H35F5N6O5S/c1-17-21(23(36-35-22(17)28(31,32)33)39-13-8-11-27(29,30)12-14-39)24(41)34-18-9-7-10-19(15-18)45(6,43)37-20(40)16-38(5)25(42)44-26(2,3)4/h7,9-10,15H,8,11-14,16H2,1-6H3,(H,34,41)/t45-/m1/s1. The van der Waals surface area contributed by atoms with Gasteiger partial charge in [0.2, 0.25) is 5.92 Å². The summed E-state index contributed by atoms with van der Waals surface area (Å²) in [5.41, 5.74) is -3.27. The number of carbonyl (C=O) groups is 3. The Kier molecular flexibility index (Phi) is 10.5. The van der Waals surface area contributed by atoms with Crippen molar-refractivity contribution in [1.82, 2.24) is 15.1 Å². The van der Waals surface area contributed by atoms with Crippen molar-refractivity contribution in [2.75, 3.05) is 43.2 Å². The van der Waals surface area contributed by atoms with E-state index in [1.54, 1.807) is 20.8 Å². The van der Waals surface area contributed by atoms with Gasteiger partial charge in [0.05, 0.1) is 15.3 Å². The van der Waals surface area contributed by atoms with E-state index in [2.05, 4.69) is 19.9 Å². The van der Waals surface area contributed by atoms with Crippen LogP contribution in [0.3, 0.4) is 0 Å². The topological polar surface area (TPSA) is 134 Å². The fraction of sp³-hybridized carbons (Fsp3) is 0.536. The van der Waals surface area contributed by atoms with Crippen molar-refractivity contribution in [3.63, 3.8) is 0 Å². The number of likely N-dealkylation sites (N-methyl/N-ethyl adjacent to an activating group) is 1. The van der Waals surface area contributed by atoms with Gasteiger partial charge in [-0.15, -0.1) is 10.2 Å². The Hall–Kier alpha value is -3.89. The van der Waals surface area contributed by atoms with Crippen LogP contribution in [0.25, 0.3) is 0 Å². The first kappa shape index (κ1) is 35.6. The molecule has 11 nitrogen and oxygen atoms in total. The van der Waals surface area contributed by atoms with Crippen LogP contribution in [0.4, 0.5) is 38.3 Å². The van der Waals surface area contributed by atoms with Crippen molar-refractivity contribution in [3.8, 4) is 0 Å². The third-order valence-electron chi connectivity index (χ3n) is 6.59. The minimum Gasteiger partial charge on any atom is -0.444 e. The SMILES string of the molecule is Cc1c(C(F)(F)F)nnc(N2CCCC(F)(F)CC2)c1C(=O)Nc1cccc([S@@](C)(=O)=NC(=O)CN(C)C(=O)OC(C)(C)C)c1. The molecule has 17 heteroatoms. The second kappa shape index (κ2) is 13.2. The van der Waals surface area contributed by atoms with E-state index in [1.807, 2.05) is 0 Å². The van der Waals surface area contributed by atoms with Crippen LogP contribution in [0.15, 0.2) is 33.5 Å². The summed E-state index contributed by atoms with van der Waals surface area (Å²) in [6.07, 6.45) is -5.57. The number of nitrogens with one attached hydrogen (secondary N) is 1. The fourth-order valence-corrected chi connectivity index (χ4v) is 5.66. The van der Waals surface area contributed by atoms with E-state index < -0.39 is 81.5 Å². The van der Waals surface area contributed by atoms with E-state index in [-0.39, 0.29) is 35.9 Å². The maximum absolute atomic E-state index is 14.0. The van der Waals surface area contributed by atoms with Gasteiger partial charge in [-0.05, 0) is 57.9 Å². The number of amides is 3. The number of carbonyl (C=O) groups excluding carboxylic acids is 3. The number of anilines is 2. The van der Waals surface area contributed by atoms with Gasteiger partial charge < -0.3 is 19.9 Å². The highest BCUT2D eigenvalue weighted by Gasteiger charge is 2.39. The first-order valence-electron chi connectivity index (χ1n) is 13.8. The van der Waals surface area contributed by atoms with E-state index in [9.17, 15) is 40.5 Å². The summed E-state index contributed by atoms with van der Waals surface area (Å²) in [7, 11) is -2.11. The Morgan fingerprint density at radius 1 is 1.13 bits per heavy atom. The largest absolute Gasteiger partial charge is 0.444 e. The molecule has 1 saturated heterocycles. The van der Waals surface area contributed by atoms with Gasteiger partial charge in [-0.25, -0.2) is 17.8 Å². The van der Waals surface area contributed by atoms with Crippen molar-refractivity contribution in [3.05, 3.63) is 41.1 Å². The summed E-state index contributed by atoms with van der Waals surface area (Å²) in [6.45, 7) is 5.20. The molecule has 1 aromatic carbocycles. The predicted molar refractivity (Wildman–Crippen MR) is 156 cm³/mol. The average molecular weight is 663 g/mol. The van der Waals surface area contributed by atoms with Crippen LogP contribution >= 0.6 is 0 Å². The molecule has 1 aliphatic rings. The predicted octanol–water partition coefficient (Wildman–Crippen LogP) is 5.53. The summed E-state index contributed by atoms with van der Waals surface area (Å²) in [5.74, 6) is -5.18. The zero-order valence-electron chi connectivity index (χ0n) is 25.6. The lowest BCUT2D eigenvalue weighted by Gasteiger charge is -2.25. The Labute approximate surface area is 257 Å². The van der Waals surface area contributed by atoms with Crippen LogP contribution in [0.1, 0.15) is 61.6 Å². The average Bonchev–Trinajstić information content (AvgIpc) is 3.06. The molecular weight excluding hydrogens is 627 g/mol. The molecule has 1 N–H and O–H groups in total. The van der Waals surface area contributed by atoms with Gasteiger partial charge in [-0.2, -0.15) is 17.5 Å². The summed E-state index contributed by atoms with van der Waals surface area (Å²) in [6, 6.07) is 5.36. The molecule has 0 radical (unpaired) electrons. The normalized spacial score (nSPS) is 16.6. The molecule has 3 rings (SSSR count). The zero-order chi connectivity index (χ0) is 34.0. The van der Waals surface area contributed by atoms with E-state index in [1.165, 1.54) is 42.5 Å². The number of hydrogen-bond acceptors (Lipinski definition) is 8. The van der Waals surface area contributed by atoms with E-state index in [0.29, 0.717) is 0 Å². The molecule has 0 saturated carbocycles. The number of rotatable bonds is 6. The molecular formula is C28H35F5N6O5S. The van der Waals surface area contributed by atoms with E-state index in [4.69, 9.17) is 4.74 Å². The molecule has 0 unspecified atom stereocenters. The van der Waals surface area contributed by atoms with Crippen LogP contribution in [0.5, 0.6) is 0 Å². The van der Waals surface area contributed by atoms with Crippen LogP contribution in [0.2, 0.25) is 0 Å². The maximum Gasteiger partial charge on any atom is 0.435 e. The monoisotopic (exact) mass is 662 g/mol. The first-order valence-corrected chi connectivity index (χ1v) is 15.7. The molecule has 1 atom stereocenters. The lowest BCUT2D eigenvalue weighted by Crippen LogP contribution is -2.37. The fourth-order valence-electron chi connectivity index (χ4n) is 4.43. The molecule has 1 fully saturated rings. The van der Waals surface area contributed by atoms with Gasteiger partial charge in [-0.1, -0.05) is 6.07 Å². The molecule has 0 spiro atoms. The van der Waals surface area contributed by atoms with Gasteiger partial charge in [0.25, 0.3) is 11.8 Å². The molecule has 248 valence electrons. The Morgan fingerprint density at radius 2 is 1.80 bits per heavy atom. The molecule has 45 heavy (non-hydrogen) atoms. The third-order valence-corrected chi connectivity index (χ3v) is 8.28. The van der Waals surface area contributed by atoms with Crippen LogP contribution < -0.4 is 10.2 Å². The second-order valence-electron chi connectivity index (χ2n) is 11.7. The second-order valence-corrected chi connectivity index (χ2v) is 13.9. The Bertz CT molecular complexity index is 1580. The van der Waals surface area contributed by atoms with Gasteiger partial charge in [-0.3, -0.25) is 9.59 Å². The summed E-state index contributed by atoms with van der Waals surface area (Å²) < 4.78 is 91.4. The van der Waals surface area contributed by atoms with Gasteiger partial charge in [0.15, 0.2) is 11.5 Å². The Balaban J connectivity index is 1.91. The molecule has 3 amide bonds. The van der Waals surface area contributed by atoms with Gasteiger partial charge in [0, 0.05) is 49.8 Å². The minimum atomic E-state index is -4.95. The number of ether oxygens (including phenoxy) is 1. The molecule has 0 aliphatic carbocycles. The summed E-state index contributed by atoms with van der Waals surface area (Å²) in [4.78, 5) is 40.5. The number of hydrogen-bond donors (Lipinski definition) is 1. The van der Waals surface area contributed by atoms with Crippen LogP contribution in [0, 0.1) is 6.92 Å². The Morgan fingerprint density at radius 3 is 2.42 bits per heavy atom. The molecule has 1 aliphatic heterocycles. The number of halogens is 5. The highest BCUT2D eigenvalue weighted by molar-refractivity contribution is 7.93. The zero-order valence-corrected chi connectivity index (χ0v) is 26.4. The first-order chi connectivity index (χ1) is 20.6. The van der Waals surface area contributed by atoms with Crippen molar-refractivity contribution in [2.24, 2.45) is 4.36 Å². The van der Waals surface area contributed by atoms with E-state index >= 15 is 0 Å². The highest BCUT2D eigenvalue weighted by Crippen LogP contribution is 2.36. The van der Waals surface area contributed by atoms with Gasteiger partial charge in [0.1, 0.15) is 12.1 Å². The van der Waals surface area contributed by atoms with Gasteiger partial charge >= 0.3 is 12.3 Å². The number of benzene rings is 1. The number of aromatic nitrogens is 2. The molecule has 1 aromatic heterocycles. The van der Waals surface area contributed by atoms with E-state index in [0.717, 1.165) is 11.8 Å². The summed E-state index contributed by atoms with van der Waals surface area (Å²) >= 11 is 0.